The van der Waals surface area contributed by atoms with Gasteiger partial charge in [-0.3, -0.25) is 9.59 Å². The van der Waals surface area contributed by atoms with E-state index in [4.69, 9.17) is 0 Å². The van der Waals surface area contributed by atoms with Gasteiger partial charge in [-0.15, -0.1) is 11.3 Å². The molecule has 0 unspecified atom stereocenters. The van der Waals surface area contributed by atoms with Gasteiger partial charge < -0.3 is 10.6 Å². The zero-order chi connectivity index (χ0) is 15.1. The van der Waals surface area contributed by atoms with E-state index in [0.29, 0.717) is 24.3 Å². The number of nitrogens with one attached hydrogen (secondary N) is 2. The van der Waals surface area contributed by atoms with Crippen LogP contribution in [0.25, 0.3) is 0 Å². The summed E-state index contributed by atoms with van der Waals surface area (Å²) < 4.78 is 0.851. The highest BCUT2D eigenvalue weighted by atomic mass is 79.9. The molecule has 110 valence electrons. The summed E-state index contributed by atoms with van der Waals surface area (Å²) in [6.07, 6.45) is 0.972. The molecule has 21 heavy (non-hydrogen) atoms. The van der Waals surface area contributed by atoms with Crippen LogP contribution in [0.5, 0.6) is 0 Å². The molecule has 4 nitrogen and oxygen atoms in total. The smallest absolute Gasteiger partial charge is 0.261 e. The van der Waals surface area contributed by atoms with E-state index in [1.807, 2.05) is 35.7 Å². The van der Waals surface area contributed by atoms with Crippen molar-refractivity contribution in [2.24, 2.45) is 0 Å². The SMILES string of the molecule is O=C(CCCNC(=O)c1cccs1)Nc1ccccc1Br. The molecular formula is C15H15BrN2O2S. The molecule has 0 fully saturated rings. The fourth-order valence-corrected chi connectivity index (χ4v) is 2.75. The van der Waals surface area contributed by atoms with Gasteiger partial charge >= 0.3 is 0 Å². The van der Waals surface area contributed by atoms with E-state index in [1.165, 1.54) is 11.3 Å². The largest absolute Gasteiger partial charge is 0.351 e. The van der Waals surface area contributed by atoms with Crippen LogP contribution in [0.3, 0.4) is 0 Å². The average Bonchev–Trinajstić information content (AvgIpc) is 3.00. The molecular weight excluding hydrogens is 352 g/mol. The number of amides is 2. The Balaban J connectivity index is 1.68. The van der Waals surface area contributed by atoms with Crippen LogP contribution in [0.4, 0.5) is 5.69 Å². The van der Waals surface area contributed by atoms with Crippen LogP contribution in [0.1, 0.15) is 22.5 Å². The van der Waals surface area contributed by atoms with E-state index >= 15 is 0 Å². The molecule has 0 aliphatic carbocycles. The number of para-hydroxylation sites is 1. The minimum Gasteiger partial charge on any atom is -0.351 e. The highest BCUT2D eigenvalue weighted by molar-refractivity contribution is 9.10. The number of hydrogen-bond donors (Lipinski definition) is 2. The molecule has 6 heteroatoms. The van der Waals surface area contributed by atoms with Gasteiger partial charge in [-0.05, 0) is 45.9 Å². The van der Waals surface area contributed by atoms with E-state index in [9.17, 15) is 9.59 Å². The second kappa shape index (κ2) is 7.95. The van der Waals surface area contributed by atoms with Crippen molar-refractivity contribution in [3.05, 3.63) is 51.1 Å². The minimum absolute atomic E-state index is 0.0627. The molecule has 0 saturated heterocycles. The minimum atomic E-state index is -0.0868. The van der Waals surface area contributed by atoms with Crippen molar-refractivity contribution >= 4 is 44.8 Å². The predicted molar refractivity (Wildman–Crippen MR) is 88.7 cm³/mol. The fourth-order valence-electron chi connectivity index (χ4n) is 1.72. The van der Waals surface area contributed by atoms with Crippen molar-refractivity contribution in [3.8, 4) is 0 Å². The Kier molecular flexibility index (Phi) is 5.95. The lowest BCUT2D eigenvalue weighted by Gasteiger charge is -2.07. The van der Waals surface area contributed by atoms with Crippen molar-refractivity contribution in [1.82, 2.24) is 5.32 Å². The fraction of sp³-hybridized carbons (Fsp3) is 0.200. The molecule has 1 aromatic carbocycles. The summed E-state index contributed by atoms with van der Waals surface area (Å²) in [4.78, 5) is 24.2. The van der Waals surface area contributed by atoms with E-state index in [0.717, 1.165) is 10.2 Å². The Morgan fingerprint density at radius 2 is 1.95 bits per heavy atom. The van der Waals surface area contributed by atoms with Crippen molar-refractivity contribution in [1.29, 1.82) is 0 Å². The third-order valence-electron chi connectivity index (χ3n) is 2.76. The third-order valence-corrected chi connectivity index (χ3v) is 4.32. The second-order valence-corrected chi connectivity index (χ2v) is 6.17. The van der Waals surface area contributed by atoms with Crippen molar-refractivity contribution in [2.75, 3.05) is 11.9 Å². The van der Waals surface area contributed by atoms with Crippen LogP contribution >= 0.6 is 27.3 Å². The van der Waals surface area contributed by atoms with Crippen LogP contribution in [0.15, 0.2) is 46.3 Å². The molecule has 2 amide bonds. The summed E-state index contributed by atoms with van der Waals surface area (Å²) in [6.45, 7) is 0.486. The summed E-state index contributed by atoms with van der Waals surface area (Å²) in [5.41, 5.74) is 0.755. The topological polar surface area (TPSA) is 58.2 Å². The molecule has 1 aromatic heterocycles. The number of halogens is 1. The van der Waals surface area contributed by atoms with Crippen LogP contribution in [-0.4, -0.2) is 18.4 Å². The lowest BCUT2D eigenvalue weighted by Crippen LogP contribution is -2.24. The van der Waals surface area contributed by atoms with Gasteiger partial charge in [-0.1, -0.05) is 18.2 Å². The number of anilines is 1. The zero-order valence-electron chi connectivity index (χ0n) is 11.3. The van der Waals surface area contributed by atoms with Gasteiger partial charge in [-0.2, -0.15) is 0 Å². The van der Waals surface area contributed by atoms with Gasteiger partial charge in [0.15, 0.2) is 0 Å². The molecule has 2 N–H and O–H groups in total. The van der Waals surface area contributed by atoms with Gasteiger partial charge in [0.25, 0.3) is 5.91 Å². The lowest BCUT2D eigenvalue weighted by atomic mass is 10.2. The number of benzene rings is 1. The van der Waals surface area contributed by atoms with Crippen LogP contribution in [0.2, 0.25) is 0 Å². The third kappa shape index (κ3) is 4.99. The van der Waals surface area contributed by atoms with E-state index in [-0.39, 0.29) is 11.8 Å². The van der Waals surface area contributed by atoms with Crippen LogP contribution in [-0.2, 0) is 4.79 Å². The summed E-state index contributed by atoms with van der Waals surface area (Å²) >= 11 is 4.78. The van der Waals surface area contributed by atoms with Gasteiger partial charge in [-0.25, -0.2) is 0 Å². The highest BCUT2D eigenvalue weighted by Crippen LogP contribution is 2.21. The second-order valence-electron chi connectivity index (χ2n) is 4.36. The van der Waals surface area contributed by atoms with Crippen molar-refractivity contribution in [2.45, 2.75) is 12.8 Å². The first-order valence-corrected chi connectivity index (χ1v) is 8.20. The molecule has 1 heterocycles. The molecule has 0 aliphatic heterocycles. The molecule has 0 bridgehead atoms. The molecule has 0 spiro atoms. The Morgan fingerprint density at radius 3 is 2.67 bits per heavy atom. The molecule has 2 rings (SSSR count). The first-order valence-electron chi connectivity index (χ1n) is 6.53. The lowest BCUT2D eigenvalue weighted by molar-refractivity contribution is -0.116. The van der Waals surface area contributed by atoms with E-state index in [2.05, 4.69) is 26.6 Å². The first kappa shape index (κ1) is 15.7. The summed E-state index contributed by atoms with van der Waals surface area (Å²) in [5, 5.41) is 7.49. The molecule has 0 atom stereocenters. The monoisotopic (exact) mass is 366 g/mol. The van der Waals surface area contributed by atoms with Crippen molar-refractivity contribution in [3.63, 3.8) is 0 Å². The summed E-state index contributed by atoms with van der Waals surface area (Å²) in [6, 6.07) is 11.1. The first-order chi connectivity index (χ1) is 10.2. The van der Waals surface area contributed by atoms with Gasteiger partial charge in [0.2, 0.25) is 5.91 Å². The Labute approximate surface area is 135 Å². The number of thiophene rings is 1. The Morgan fingerprint density at radius 1 is 1.14 bits per heavy atom. The molecule has 0 aliphatic rings. The highest BCUT2D eigenvalue weighted by Gasteiger charge is 2.07. The number of carbonyl (C=O) groups is 2. The quantitative estimate of drug-likeness (QED) is 0.766. The average molecular weight is 367 g/mol. The predicted octanol–water partition coefficient (Wildman–Crippen LogP) is 3.66. The van der Waals surface area contributed by atoms with Gasteiger partial charge in [0.05, 0.1) is 10.6 Å². The maximum atomic E-state index is 11.8. The van der Waals surface area contributed by atoms with Crippen LogP contribution in [0, 0.1) is 0 Å². The number of hydrogen-bond acceptors (Lipinski definition) is 3. The normalized spacial score (nSPS) is 10.1. The molecule has 0 saturated carbocycles. The van der Waals surface area contributed by atoms with Gasteiger partial charge in [0.1, 0.15) is 0 Å². The van der Waals surface area contributed by atoms with Gasteiger partial charge in [0, 0.05) is 17.4 Å². The standard InChI is InChI=1S/C15H15BrN2O2S/c16-11-5-1-2-6-12(11)18-14(19)8-3-9-17-15(20)13-7-4-10-21-13/h1-2,4-7,10H,3,8-9H2,(H,17,20)(H,18,19). The Bertz CT molecular complexity index is 614. The Hall–Kier alpha value is -1.66. The maximum absolute atomic E-state index is 11.8. The summed E-state index contributed by atoms with van der Waals surface area (Å²) in [7, 11) is 0. The maximum Gasteiger partial charge on any atom is 0.261 e. The van der Waals surface area contributed by atoms with E-state index in [1.54, 1.807) is 6.07 Å². The molecule has 2 aromatic rings. The van der Waals surface area contributed by atoms with Crippen molar-refractivity contribution < 1.29 is 9.59 Å². The zero-order valence-corrected chi connectivity index (χ0v) is 13.7. The summed E-state index contributed by atoms with van der Waals surface area (Å²) in [5.74, 6) is -0.150. The number of carbonyl (C=O) groups excluding carboxylic acids is 2. The molecule has 0 radical (unpaired) electrons. The number of rotatable bonds is 6. The van der Waals surface area contributed by atoms with Crippen LogP contribution < -0.4 is 10.6 Å². The van der Waals surface area contributed by atoms with E-state index < -0.39 is 0 Å².